The maximum atomic E-state index is 11.5. The van der Waals surface area contributed by atoms with Gasteiger partial charge in [0.2, 0.25) is 0 Å². The van der Waals surface area contributed by atoms with E-state index in [0.717, 1.165) is 43.1 Å². The predicted octanol–water partition coefficient (Wildman–Crippen LogP) is 5.23. The molecule has 1 atom stereocenters. The minimum atomic E-state index is -1.49. The summed E-state index contributed by atoms with van der Waals surface area (Å²) in [5.74, 6) is -0.231. The molecule has 1 unspecified atom stereocenters. The molecule has 0 spiro atoms. The molecule has 0 saturated carbocycles. The molecule has 2 aromatic rings. The molecule has 2 rings (SSSR count). The number of carbonyl (C=O) groups is 1. The smallest absolute Gasteiger partial charge is 0.303 e. The Hall–Kier alpha value is -1.81. The number of carbonyl (C=O) groups excluding carboxylic acids is 1. The Morgan fingerprint density at radius 1 is 1.12 bits per heavy atom. The van der Waals surface area contributed by atoms with E-state index in [9.17, 15) is 4.79 Å². The first-order chi connectivity index (χ1) is 11.9. The van der Waals surface area contributed by atoms with E-state index in [1.807, 2.05) is 6.07 Å². The largest absolute Gasteiger partial charge is 0.474 e. The lowest BCUT2D eigenvalue weighted by molar-refractivity contribution is -0.147. The standard InChI is InChI=1S/C21H30O3Si/c1-17(22)24-20(19-15-21(23-16-19)25(2,3)4)14-10-6-9-13-18-11-7-5-8-12-18/h5,7-8,11-12,15-16,20H,6,9-10,13-14H2,1-4H3. The van der Waals surface area contributed by atoms with Gasteiger partial charge in [0.25, 0.3) is 0 Å². The molecule has 25 heavy (non-hydrogen) atoms. The summed E-state index contributed by atoms with van der Waals surface area (Å²) in [6, 6.07) is 12.6. The van der Waals surface area contributed by atoms with Gasteiger partial charge in [-0.1, -0.05) is 56.4 Å². The molecule has 0 aliphatic heterocycles. The van der Waals surface area contributed by atoms with Gasteiger partial charge in [-0.25, -0.2) is 0 Å². The lowest BCUT2D eigenvalue weighted by atomic mass is 10.0. The van der Waals surface area contributed by atoms with Crippen molar-refractivity contribution in [1.82, 2.24) is 0 Å². The van der Waals surface area contributed by atoms with E-state index in [2.05, 4.69) is 50.0 Å². The lowest BCUT2D eigenvalue weighted by Gasteiger charge is -2.16. The molecule has 3 nitrogen and oxygen atoms in total. The van der Waals surface area contributed by atoms with Gasteiger partial charge in [-0.15, -0.1) is 0 Å². The quantitative estimate of drug-likeness (QED) is 0.350. The van der Waals surface area contributed by atoms with Crippen LogP contribution >= 0.6 is 0 Å². The third-order valence-electron chi connectivity index (χ3n) is 4.31. The zero-order valence-electron chi connectivity index (χ0n) is 15.9. The third-order valence-corrected chi connectivity index (χ3v) is 6.05. The van der Waals surface area contributed by atoms with Gasteiger partial charge in [0, 0.05) is 12.5 Å². The van der Waals surface area contributed by atoms with Crippen LogP contribution in [0.25, 0.3) is 0 Å². The van der Waals surface area contributed by atoms with E-state index in [4.69, 9.17) is 9.15 Å². The Labute approximate surface area is 152 Å². The molecule has 0 bridgehead atoms. The number of aryl methyl sites for hydroxylation is 1. The van der Waals surface area contributed by atoms with Crippen LogP contribution in [0, 0.1) is 0 Å². The van der Waals surface area contributed by atoms with Crippen molar-refractivity contribution in [2.45, 2.75) is 64.8 Å². The van der Waals surface area contributed by atoms with Gasteiger partial charge in [-0.05, 0) is 37.3 Å². The van der Waals surface area contributed by atoms with Crippen molar-refractivity contribution in [2.24, 2.45) is 0 Å². The van der Waals surface area contributed by atoms with E-state index in [1.54, 1.807) is 6.26 Å². The highest BCUT2D eigenvalue weighted by Crippen LogP contribution is 2.25. The normalized spacial score (nSPS) is 12.8. The molecule has 136 valence electrons. The van der Waals surface area contributed by atoms with Gasteiger partial charge >= 0.3 is 5.97 Å². The first-order valence-electron chi connectivity index (χ1n) is 9.16. The highest BCUT2D eigenvalue weighted by atomic mass is 28.3. The summed E-state index contributed by atoms with van der Waals surface area (Å²) in [6.45, 7) is 8.22. The fraction of sp³-hybridized carbons (Fsp3) is 0.476. The maximum absolute atomic E-state index is 11.5. The van der Waals surface area contributed by atoms with E-state index in [0.29, 0.717) is 0 Å². The molecular weight excluding hydrogens is 328 g/mol. The fourth-order valence-corrected chi connectivity index (χ4v) is 3.90. The molecule has 1 aromatic heterocycles. The molecule has 1 aromatic carbocycles. The average Bonchev–Trinajstić information content (AvgIpc) is 3.04. The Morgan fingerprint density at radius 2 is 1.84 bits per heavy atom. The van der Waals surface area contributed by atoms with Crippen molar-refractivity contribution >= 4 is 19.4 Å². The maximum Gasteiger partial charge on any atom is 0.303 e. The molecule has 0 N–H and O–H groups in total. The Bertz CT molecular complexity index is 655. The summed E-state index contributed by atoms with van der Waals surface area (Å²) in [5.41, 5.74) is 2.38. The SMILES string of the molecule is CC(=O)OC(CCCCCc1ccccc1)c1coc([Si](C)(C)C)c1. The second-order valence-corrected chi connectivity index (χ2v) is 12.7. The lowest BCUT2D eigenvalue weighted by Crippen LogP contribution is -2.36. The number of hydrogen-bond acceptors (Lipinski definition) is 3. The number of benzene rings is 1. The van der Waals surface area contributed by atoms with Crippen LogP contribution in [-0.2, 0) is 16.0 Å². The van der Waals surface area contributed by atoms with Crippen LogP contribution in [0.2, 0.25) is 19.6 Å². The van der Waals surface area contributed by atoms with E-state index < -0.39 is 8.07 Å². The van der Waals surface area contributed by atoms with E-state index in [-0.39, 0.29) is 12.1 Å². The first-order valence-corrected chi connectivity index (χ1v) is 12.7. The molecule has 0 aliphatic rings. The van der Waals surface area contributed by atoms with Gasteiger partial charge < -0.3 is 9.15 Å². The topological polar surface area (TPSA) is 39.4 Å². The molecule has 0 radical (unpaired) electrons. The fourth-order valence-electron chi connectivity index (χ4n) is 2.89. The number of esters is 1. The van der Waals surface area contributed by atoms with Crippen molar-refractivity contribution in [2.75, 3.05) is 0 Å². The minimum Gasteiger partial charge on any atom is -0.474 e. The van der Waals surface area contributed by atoms with Gasteiger partial charge in [-0.2, -0.15) is 0 Å². The number of ether oxygens (including phenoxy) is 1. The highest BCUT2D eigenvalue weighted by molar-refractivity contribution is 6.87. The summed E-state index contributed by atoms with van der Waals surface area (Å²) in [5, 5.41) is 1.06. The van der Waals surface area contributed by atoms with Gasteiger partial charge in [0.15, 0.2) is 0 Å². The summed E-state index contributed by atoms with van der Waals surface area (Å²) < 4.78 is 11.3. The number of unbranched alkanes of at least 4 members (excludes halogenated alkanes) is 2. The minimum absolute atomic E-state index is 0.192. The average molecular weight is 359 g/mol. The van der Waals surface area contributed by atoms with Crippen LogP contribution in [-0.4, -0.2) is 14.0 Å². The van der Waals surface area contributed by atoms with Crippen molar-refractivity contribution in [3.63, 3.8) is 0 Å². The second-order valence-electron chi connectivity index (χ2n) is 7.68. The zero-order chi connectivity index (χ0) is 18.3. The van der Waals surface area contributed by atoms with Crippen LogP contribution in [0.3, 0.4) is 0 Å². The summed E-state index contributed by atoms with van der Waals surface area (Å²) in [4.78, 5) is 11.5. The Morgan fingerprint density at radius 3 is 2.44 bits per heavy atom. The van der Waals surface area contributed by atoms with Crippen molar-refractivity contribution in [3.05, 3.63) is 53.8 Å². The highest BCUT2D eigenvalue weighted by Gasteiger charge is 2.24. The van der Waals surface area contributed by atoms with Crippen molar-refractivity contribution in [3.8, 4) is 0 Å². The van der Waals surface area contributed by atoms with Crippen LogP contribution in [0.4, 0.5) is 0 Å². The van der Waals surface area contributed by atoms with Crippen molar-refractivity contribution in [1.29, 1.82) is 0 Å². The monoisotopic (exact) mass is 358 g/mol. The summed E-state index contributed by atoms with van der Waals surface area (Å²) in [7, 11) is -1.49. The van der Waals surface area contributed by atoms with Gasteiger partial charge in [0.1, 0.15) is 14.2 Å². The summed E-state index contributed by atoms with van der Waals surface area (Å²) >= 11 is 0. The van der Waals surface area contributed by atoms with Crippen LogP contribution in [0.15, 0.2) is 47.1 Å². The molecule has 4 heteroatoms. The molecule has 0 amide bonds. The van der Waals surface area contributed by atoms with Crippen LogP contribution in [0.1, 0.15) is 49.8 Å². The molecule has 1 heterocycles. The number of hydrogen-bond donors (Lipinski definition) is 0. The van der Waals surface area contributed by atoms with Gasteiger partial charge in [-0.3, -0.25) is 4.79 Å². The van der Waals surface area contributed by atoms with E-state index >= 15 is 0 Å². The van der Waals surface area contributed by atoms with E-state index in [1.165, 1.54) is 12.5 Å². The van der Waals surface area contributed by atoms with Crippen LogP contribution < -0.4 is 5.38 Å². The van der Waals surface area contributed by atoms with Crippen LogP contribution in [0.5, 0.6) is 0 Å². The van der Waals surface area contributed by atoms with Gasteiger partial charge in [0.05, 0.1) is 11.6 Å². The first kappa shape index (κ1) is 19.5. The van der Waals surface area contributed by atoms with Crippen molar-refractivity contribution < 1.29 is 13.9 Å². The Kier molecular flexibility index (Phi) is 7.06. The Balaban J connectivity index is 1.85. The summed E-state index contributed by atoms with van der Waals surface area (Å²) in [6.07, 6.45) is 6.85. The zero-order valence-corrected chi connectivity index (χ0v) is 16.9. The number of furan rings is 1. The molecule has 0 saturated heterocycles. The third kappa shape index (κ3) is 6.54. The molecule has 0 fully saturated rings. The molecule has 0 aliphatic carbocycles. The second kappa shape index (κ2) is 9.04. The number of rotatable bonds is 9. The molecular formula is C21H30O3Si. The predicted molar refractivity (Wildman–Crippen MR) is 105 cm³/mol.